The van der Waals surface area contributed by atoms with Gasteiger partial charge >= 0.3 is 6.03 Å². The third-order valence-corrected chi connectivity index (χ3v) is 3.11. The summed E-state index contributed by atoms with van der Waals surface area (Å²) in [7, 11) is 0. The maximum Gasteiger partial charge on any atom is 0.316 e. The number of nitrogens with one attached hydrogen (secondary N) is 2. The highest BCUT2D eigenvalue weighted by Gasteiger charge is 2.09. The number of ketones is 1. The summed E-state index contributed by atoms with van der Waals surface area (Å²) in [5, 5.41) is 5.12. The third kappa shape index (κ3) is 5.28. The number of Topliss-reactive ketones (excluding diaryl/α,β-unsaturated/α-hetero) is 1. The third-order valence-electron chi connectivity index (χ3n) is 3.11. The van der Waals surface area contributed by atoms with Crippen molar-refractivity contribution in [2.24, 2.45) is 5.73 Å². The zero-order valence-electron chi connectivity index (χ0n) is 12.4. The molecule has 0 radical (unpaired) electrons. The number of primary amides is 1. The average Bonchev–Trinajstić information content (AvgIpc) is 2.55. The predicted molar refractivity (Wildman–Crippen MR) is 88.3 cm³/mol. The minimum Gasteiger partial charge on any atom is -0.351 e. The van der Waals surface area contributed by atoms with Gasteiger partial charge in [0.05, 0.1) is 0 Å². The van der Waals surface area contributed by atoms with Gasteiger partial charge in [-0.1, -0.05) is 30.3 Å². The second kappa shape index (κ2) is 7.74. The summed E-state index contributed by atoms with van der Waals surface area (Å²) in [6.45, 7) is 0. The van der Waals surface area contributed by atoms with Crippen LogP contribution in [0.5, 0.6) is 0 Å². The Bertz CT molecular complexity index is 697. The first-order valence-electron chi connectivity index (χ1n) is 7.09. The van der Waals surface area contributed by atoms with Crippen LogP contribution in [0, 0.1) is 0 Å². The Balaban J connectivity index is 1.83. The highest BCUT2D eigenvalue weighted by Crippen LogP contribution is 2.14. The first-order chi connectivity index (χ1) is 11.0. The van der Waals surface area contributed by atoms with Crippen LogP contribution in [0.25, 0.3) is 0 Å². The van der Waals surface area contributed by atoms with Crippen LogP contribution in [0.15, 0.2) is 54.6 Å². The molecule has 0 aromatic heterocycles. The zero-order chi connectivity index (χ0) is 16.7. The first kappa shape index (κ1) is 16.2. The van der Waals surface area contributed by atoms with Gasteiger partial charge in [-0.05, 0) is 24.3 Å². The van der Waals surface area contributed by atoms with Crippen molar-refractivity contribution in [2.45, 2.75) is 12.8 Å². The quantitative estimate of drug-likeness (QED) is 0.715. The van der Waals surface area contributed by atoms with Gasteiger partial charge in [0.15, 0.2) is 5.78 Å². The second-order valence-electron chi connectivity index (χ2n) is 4.90. The van der Waals surface area contributed by atoms with E-state index in [1.807, 2.05) is 6.07 Å². The predicted octanol–water partition coefficient (Wildman–Crippen LogP) is 2.78. The van der Waals surface area contributed by atoms with E-state index in [-0.39, 0.29) is 24.5 Å². The van der Waals surface area contributed by atoms with Gasteiger partial charge in [-0.3, -0.25) is 9.59 Å². The lowest BCUT2D eigenvalue weighted by atomic mass is 10.1. The molecule has 0 fully saturated rings. The molecular formula is C17H17N3O3. The summed E-state index contributed by atoms with van der Waals surface area (Å²) < 4.78 is 0. The van der Waals surface area contributed by atoms with Gasteiger partial charge in [-0.25, -0.2) is 4.79 Å². The average molecular weight is 311 g/mol. The highest BCUT2D eigenvalue weighted by atomic mass is 16.2. The van der Waals surface area contributed by atoms with E-state index in [1.165, 1.54) is 0 Å². The van der Waals surface area contributed by atoms with Crippen molar-refractivity contribution in [2.75, 3.05) is 10.6 Å². The van der Waals surface area contributed by atoms with Crippen LogP contribution in [-0.4, -0.2) is 17.7 Å². The normalized spacial score (nSPS) is 9.91. The molecule has 6 nitrogen and oxygen atoms in total. The number of hydrogen-bond acceptors (Lipinski definition) is 3. The Morgan fingerprint density at radius 2 is 1.35 bits per heavy atom. The maximum atomic E-state index is 11.9. The van der Waals surface area contributed by atoms with E-state index in [9.17, 15) is 14.4 Å². The molecule has 0 aliphatic carbocycles. The van der Waals surface area contributed by atoms with Crippen LogP contribution in [0.2, 0.25) is 0 Å². The van der Waals surface area contributed by atoms with Crippen LogP contribution in [-0.2, 0) is 4.79 Å². The van der Waals surface area contributed by atoms with Gasteiger partial charge in [0, 0.05) is 29.8 Å². The van der Waals surface area contributed by atoms with Crippen molar-refractivity contribution in [1.82, 2.24) is 0 Å². The van der Waals surface area contributed by atoms with E-state index >= 15 is 0 Å². The van der Waals surface area contributed by atoms with Gasteiger partial charge in [0.2, 0.25) is 5.91 Å². The van der Waals surface area contributed by atoms with Gasteiger partial charge in [-0.15, -0.1) is 0 Å². The summed E-state index contributed by atoms with van der Waals surface area (Å²) in [6, 6.07) is 14.7. The molecule has 0 saturated heterocycles. The molecule has 2 rings (SSSR count). The summed E-state index contributed by atoms with van der Waals surface area (Å²) in [4.78, 5) is 34.5. The van der Waals surface area contributed by atoms with Gasteiger partial charge in [-0.2, -0.15) is 0 Å². The van der Waals surface area contributed by atoms with Gasteiger partial charge in [0.1, 0.15) is 0 Å². The van der Waals surface area contributed by atoms with Crippen molar-refractivity contribution in [3.63, 3.8) is 0 Å². The lowest BCUT2D eigenvalue weighted by Gasteiger charge is -2.07. The topological polar surface area (TPSA) is 101 Å². The number of carbonyl (C=O) groups excluding carboxylic acids is 3. The molecule has 0 aliphatic rings. The number of benzene rings is 2. The minimum atomic E-state index is -0.652. The summed E-state index contributed by atoms with van der Waals surface area (Å²) in [5.41, 5.74) is 6.72. The molecule has 118 valence electrons. The largest absolute Gasteiger partial charge is 0.351 e. The molecule has 0 saturated carbocycles. The highest BCUT2D eigenvalue weighted by molar-refractivity contribution is 6.00. The fourth-order valence-electron chi connectivity index (χ4n) is 2.00. The van der Waals surface area contributed by atoms with E-state index in [2.05, 4.69) is 10.6 Å². The maximum absolute atomic E-state index is 11.9. The molecule has 2 aromatic carbocycles. The lowest BCUT2D eigenvalue weighted by Crippen LogP contribution is -2.19. The van der Waals surface area contributed by atoms with Crippen molar-refractivity contribution in [3.05, 3.63) is 60.2 Å². The van der Waals surface area contributed by atoms with E-state index in [4.69, 9.17) is 5.73 Å². The molecule has 0 aliphatic heterocycles. The molecule has 23 heavy (non-hydrogen) atoms. The van der Waals surface area contributed by atoms with Crippen LogP contribution in [0.3, 0.4) is 0 Å². The number of rotatable bonds is 6. The molecule has 0 spiro atoms. The van der Waals surface area contributed by atoms with Gasteiger partial charge < -0.3 is 16.4 Å². The molecule has 0 bridgehead atoms. The van der Waals surface area contributed by atoms with Crippen LogP contribution in [0.4, 0.5) is 16.2 Å². The summed E-state index contributed by atoms with van der Waals surface area (Å²) in [5.74, 6) is -0.313. The number of amides is 3. The number of urea groups is 1. The van der Waals surface area contributed by atoms with Crippen molar-refractivity contribution >= 4 is 29.1 Å². The Kier molecular flexibility index (Phi) is 5.46. The SMILES string of the molecule is NC(=O)Nc1ccc(NC(=O)CCC(=O)c2ccccc2)cc1. The Hall–Kier alpha value is -3.15. The molecular weight excluding hydrogens is 294 g/mol. The molecule has 2 aromatic rings. The number of hydrogen-bond donors (Lipinski definition) is 3. The molecule has 0 atom stereocenters. The number of anilines is 2. The Morgan fingerprint density at radius 1 is 0.783 bits per heavy atom. The van der Waals surface area contributed by atoms with Crippen molar-refractivity contribution < 1.29 is 14.4 Å². The second-order valence-corrected chi connectivity index (χ2v) is 4.90. The smallest absolute Gasteiger partial charge is 0.316 e. The van der Waals surface area contributed by atoms with Crippen molar-refractivity contribution in [1.29, 1.82) is 0 Å². The van der Waals surface area contributed by atoms with E-state index in [0.717, 1.165) is 0 Å². The summed E-state index contributed by atoms with van der Waals surface area (Å²) >= 11 is 0. The fourth-order valence-corrected chi connectivity index (χ4v) is 2.00. The molecule has 4 N–H and O–H groups in total. The van der Waals surface area contributed by atoms with E-state index in [1.54, 1.807) is 48.5 Å². The number of nitrogens with two attached hydrogens (primary N) is 1. The molecule has 3 amide bonds. The fraction of sp³-hybridized carbons (Fsp3) is 0.118. The number of carbonyl (C=O) groups is 3. The lowest BCUT2D eigenvalue weighted by molar-refractivity contribution is -0.116. The molecule has 0 unspecified atom stereocenters. The van der Waals surface area contributed by atoms with E-state index < -0.39 is 6.03 Å². The Morgan fingerprint density at radius 3 is 1.91 bits per heavy atom. The van der Waals surface area contributed by atoms with Crippen LogP contribution >= 0.6 is 0 Å². The molecule has 0 heterocycles. The van der Waals surface area contributed by atoms with E-state index in [0.29, 0.717) is 16.9 Å². The standard InChI is InChI=1S/C17H17N3O3/c18-17(23)20-14-8-6-13(7-9-14)19-16(22)11-10-15(21)12-4-2-1-3-5-12/h1-9H,10-11H2,(H,19,22)(H3,18,20,23). The monoisotopic (exact) mass is 311 g/mol. The molecule has 6 heteroatoms. The van der Waals surface area contributed by atoms with Crippen LogP contribution in [0.1, 0.15) is 23.2 Å². The first-order valence-corrected chi connectivity index (χ1v) is 7.09. The van der Waals surface area contributed by atoms with Crippen molar-refractivity contribution in [3.8, 4) is 0 Å². The van der Waals surface area contributed by atoms with Gasteiger partial charge in [0.25, 0.3) is 0 Å². The minimum absolute atomic E-state index is 0.0678. The summed E-state index contributed by atoms with van der Waals surface area (Å²) in [6.07, 6.45) is 0.256. The zero-order valence-corrected chi connectivity index (χ0v) is 12.4. The van der Waals surface area contributed by atoms with Crippen LogP contribution < -0.4 is 16.4 Å². The Labute approximate surface area is 133 Å².